The number of nitrogens with zero attached hydrogens (tertiary/aromatic N) is 3. The summed E-state index contributed by atoms with van der Waals surface area (Å²) in [5.74, 6) is 0. The second-order valence-corrected chi connectivity index (χ2v) is 2.54. The highest BCUT2D eigenvalue weighted by atomic mass is 16.1. The fourth-order valence-corrected chi connectivity index (χ4v) is 0.939. The number of hydrogen-bond donors (Lipinski definition) is 0. The number of hydrogen-bond acceptors (Lipinski definition) is 3. The average molecular weight is 137 g/mol. The molecule has 1 aromatic rings. The summed E-state index contributed by atoms with van der Waals surface area (Å²) in [6.45, 7) is 0. The summed E-state index contributed by atoms with van der Waals surface area (Å²) in [6, 6.07) is 0. The van der Waals surface area contributed by atoms with Crippen LogP contribution in [0, 0.1) is 0 Å². The van der Waals surface area contributed by atoms with Crippen LogP contribution >= 0.6 is 0 Å². The zero-order chi connectivity index (χ0) is 7.03. The van der Waals surface area contributed by atoms with E-state index in [1.165, 1.54) is 4.80 Å². The third-order valence-corrected chi connectivity index (χ3v) is 1.80. The summed E-state index contributed by atoms with van der Waals surface area (Å²) < 4.78 is 0. The van der Waals surface area contributed by atoms with Crippen LogP contribution in [0.3, 0.4) is 0 Å². The van der Waals surface area contributed by atoms with E-state index >= 15 is 0 Å². The monoisotopic (exact) mass is 137 g/mol. The summed E-state index contributed by atoms with van der Waals surface area (Å²) in [7, 11) is 0. The van der Waals surface area contributed by atoms with Crippen LogP contribution in [-0.4, -0.2) is 21.3 Å². The molecule has 0 N–H and O–H groups in total. The lowest BCUT2D eigenvalue weighted by Crippen LogP contribution is -2.21. The molecule has 0 radical (unpaired) electrons. The van der Waals surface area contributed by atoms with E-state index in [9.17, 15) is 4.79 Å². The lowest BCUT2D eigenvalue weighted by atomic mass is 10.3. The molecule has 2 rings (SSSR count). The Kier molecular flexibility index (Phi) is 0.922. The third kappa shape index (κ3) is 0.586. The van der Waals surface area contributed by atoms with Crippen molar-refractivity contribution < 1.29 is 4.79 Å². The van der Waals surface area contributed by atoms with E-state index in [-0.39, 0.29) is 5.54 Å². The minimum absolute atomic E-state index is 0.372. The molecule has 0 aliphatic heterocycles. The zero-order valence-electron chi connectivity index (χ0n) is 5.40. The highest BCUT2D eigenvalue weighted by Crippen LogP contribution is 2.39. The first-order valence-electron chi connectivity index (χ1n) is 3.20. The van der Waals surface area contributed by atoms with Gasteiger partial charge in [-0.05, 0) is 12.8 Å². The van der Waals surface area contributed by atoms with E-state index < -0.39 is 0 Å². The number of rotatable bonds is 2. The maximum Gasteiger partial charge on any atom is 0.149 e. The van der Waals surface area contributed by atoms with Gasteiger partial charge in [-0.1, -0.05) is 0 Å². The van der Waals surface area contributed by atoms with Crippen molar-refractivity contribution in [2.24, 2.45) is 0 Å². The van der Waals surface area contributed by atoms with Crippen LogP contribution in [0.15, 0.2) is 12.4 Å². The van der Waals surface area contributed by atoms with E-state index in [4.69, 9.17) is 0 Å². The van der Waals surface area contributed by atoms with Gasteiger partial charge in [-0.15, -0.1) is 0 Å². The van der Waals surface area contributed by atoms with E-state index in [1.54, 1.807) is 12.4 Å². The van der Waals surface area contributed by atoms with Gasteiger partial charge in [-0.2, -0.15) is 15.0 Å². The number of aromatic nitrogens is 3. The van der Waals surface area contributed by atoms with Crippen molar-refractivity contribution in [1.82, 2.24) is 15.0 Å². The maximum atomic E-state index is 10.5. The van der Waals surface area contributed by atoms with E-state index in [0.29, 0.717) is 0 Å². The highest BCUT2D eigenvalue weighted by molar-refractivity contribution is 5.65. The predicted molar refractivity (Wildman–Crippen MR) is 33.3 cm³/mol. The molecular formula is C6H7N3O. The first kappa shape index (κ1) is 5.58. The molecule has 1 saturated carbocycles. The minimum atomic E-state index is -0.372. The van der Waals surface area contributed by atoms with Crippen molar-refractivity contribution in [2.45, 2.75) is 18.4 Å². The molecule has 0 spiro atoms. The molecule has 0 aromatic carbocycles. The molecular weight excluding hydrogens is 130 g/mol. The van der Waals surface area contributed by atoms with Gasteiger partial charge in [0.05, 0.1) is 12.4 Å². The Morgan fingerprint density at radius 1 is 1.40 bits per heavy atom. The van der Waals surface area contributed by atoms with Gasteiger partial charge >= 0.3 is 0 Å². The summed E-state index contributed by atoms with van der Waals surface area (Å²) in [5, 5.41) is 7.79. The standard InChI is InChI=1S/C6H7N3O/c10-5-6(1-2-6)9-7-3-4-8-9/h3-5H,1-2H2. The quantitative estimate of drug-likeness (QED) is 0.537. The summed E-state index contributed by atoms with van der Waals surface area (Å²) in [4.78, 5) is 12.0. The van der Waals surface area contributed by atoms with Crippen LogP contribution in [0.1, 0.15) is 12.8 Å². The van der Waals surface area contributed by atoms with Gasteiger partial charge in [-0.3, -0.25) is 0 Å². The van der Waals surface area contributed by atoms with Crippen LogP contribution in [0.25, 0.3) is 0 Å². The summed E-state index contributed by atoms with van der Waals surface area (Å²) in [5.41, 5.74) is -0.372. The molecule has 0 bridgehead atoms. The van der Waals surface area contributed by atoms with Gasteiger partial charge in [0, 0.05) is 0 Å². The fourth-order valence-electron chi connectivity index (χ4n) is 0.939. The Morgan fingerprint density at radius 2 is 2.00 bits per heavy atom. The van der Waals surface area contributed by atoms with Gasteiger partial charge in [0.25, 0.3) is 0 Å². The molecule has 1 aliphatic carbocycles. The third-order valence-electron chi connectivity index (χ3n) is 1.80. The molecule has 0 atom stereocenters. The van der Waals surface area contributed by atoms with Gasteiger partial charge < -0.3 is 4.79 Å². The molecule has 4 nitrogen and oxygen atoms in total. The summed E-state index contributed by atoms with van der Waals surface area (Å²) >= 11 is 0. The average Bonchev–Trinajstić information content (AvgIpc) is 2.58. The van der Waals surface area contributed by atoms with Crippen LogP contribution in [0.4, 0.5) is 0 Å². The van der Waals surface area contributed by atoms with Gasteiger partial charge in [0.15, 0.2) is 0 Å². The van der Waals surface area contributed by atoms with Gasteiger partial charge in [0.1, 0.15) is 11.8 Å². The first-order valence-corrected chi connectivity index (χ1v) is 3.20. The Balaban J connectivity index is 2.35. The molecule has 1 fully saturated rings. The molecule has 4 heteroatoms. The molecule has 1 aliphatic rings. The topological polar surface area (TPSA) is 47.8 Å². The van der Waals surface area contributed by atoms with Crippen LogP contribution in [0.5, 0.6) is 0 Å². The number of carbonyl (C=O) groups excluding carboxylic acids is 1. The predicted octanol–water partition coefficient (Wildman–Crippen LogP) is -0.0339. The van der Waals surface area contributed by atoms with Crippen LogP contribution in [0.2, 0.25) is 0 Å². The molecule has 52 valence electrons. The molecule has 10 heavy (non-hydrogen) atoms. The lowest BCUT2D eigenvalue weighted by Gasteiger charge is -2.02. The largest absolute Gasteiger partial charge is 0.301 e. The van der Waals surface area contributed by atoms with E-state index in [1.807, 2.05) is 0 Å². The van der Waals surface area contributed by atoms with E-state index in [0.717, 1.165) is 19.1 Å². The van der Waals surface area contributed by atoms with Crippen molar-refractivity contribution in [3.63, 3.8) is 0 Å². The van der Waals surface area contributed by atoms with Crippen LogP contribution < -0.4 is 0 Å². The molecule has 1 heterocycles. The maximum absolute atomic E-state index is 10.5. The Morgan fingerprint density at radius 3 is 2.40 bits per heavy atom. The fraction of sp³-hybridized carbons (Fsp3) is 0.500. The van der Waals surface area contributed by atoms with E-state index in [2.05, 4.69) is 10.2 Å². The van der Waals surface area contributed by atoms with Crippen molar-refractivity contribution >= 4 is 6.29 Å². The SMILES string of the molecule is O=CC1(n2nccn2)CC1. The Hall–Kier alpha value is -1.19. The molecule has 1 aromatic heterocycles. The normalized spacial score (nSPS) is 20.4. The number of aldehydes is 1. The lowest BCUT2D eigenvalue weighted by molar-refractivity contribution is -0.112. The molecule has 0 amide bonds. The van der Waals surface area contributed by atoms with Crippen molar-refractivity contribution in [2.75, 3.05) is 0 Å². The minimum Gasteiger partial charge on any atom is -0.301 e. The molecule has 0 unspecified atom stereocenters. The summed E-state index contributed by atoms with van der Waals surface area (Å²) in [6.07, 6.45) is 5.86. The van der Waals surface area contributed by atoms with Crippen molar-refractivity contribution in [3.8, 4) is 0 Å². The van der Waals surface area contributed by atoms with Crippen LogP contribution in [-0.2, 0) is 10.3 Å². The Labute approximate surface area is 57.8 Å². The smallest absolute Gasteiger partial charge is 0.149 e. The van der Waals surface area contributed by atoms with Crippen molar-refractivity contribution in [1.29, 1.82) is 0 Å². The van der Waals surface area contributed by atoms with Gasteiger partial charge in [0.2, 0.25) is 0 Å². The second-order valence-electron chi connectivity index (χ2n) is 2.54. The first-order chi connectivity index (χ1) is 4.87. The molecule has 0 saturated heterocycles. The Bertz CT molecular complexity index is 238. The van der Waals surface area contributed by atoms with Crippen molar-refractivity contribution in [3.05, 3.63) is 12.4 Å². The van der Waals surface area contributed by atoms with Gasteiger partial charge in [-0.25, -0.2) is 0 Å². The second kappa shape index (κ2) is 1.65. The number of carbonyl (C=O) groups is 1. The zero-order valence-corrected chi connectivity index (χ0v) is 5.40. The highest BCUT2D eigenvalue weighted by Gasteiger charge is 2.46.